The maximum atomic E-state index is 12.6. The fourth-order valence-electron chi connectivity index (χ4n) is 3.13. The molecule has 0 N–H and O–H groups in total. The van der Waals surface area contributed by atoms with E-state index in [1.165, 1.54) is 7.11 Å². The number of hydrogen-bond acceptors (Lipinski definition) is 6. The zero-order chi connectivity index (χ0) is 21.8. The summed E-state index contributed by atoms with van der Waals surface area (Å²) >= 11 is 0. The van der Waals surface area contributed by atoms with Crippen molar-refractivity contribution < 1.29 is 28.5 Å². The predicted molar refractivity (Wildman–Crippen MR) is 114 cm³/mol. The molecule has 0 aliphatic carbocycles. The minimum Gasteiger partial charge on any atom is -0.497 e. The lowest BCUT2D eigenvalue weighted by Gasteiger charge is -2.08. The van der Waals surface area contributed by atoms with Gasteiger partial charge in [-0.2, -0.15) is 0 Å². The van der Waals surface area contributed by atoms with E-state index in [1.807, 2.05) is 24.3 Å². The molecule has 0 saturated heterocycles. The second kappa shape index (κ2) is 8.75. The number of carbonyl (C=O) groups is 2. The van der Waals surface area contributed by atoms with Gasteiger partial charge in [0.25, 0.3) is 0 Å². The van der Waals surface area contributed by atoms with Gasteiger partial charge in [-0.3, -0.25) is 4.79 Å². The normalized spacial score (nSPS) is 13.5. The Balaban J connectivity index is 1.44. The molecule has 1 aliphatic rings. The lowest BCUT2D eigenvalue weighted by molar-refractivity contribution is 0.0600. The van der Waals surface area contributed by atoms with Crippen molar-refractivity contribution in [2.24, 2.45) is 0 Å². The highest BCUT2D eigenvalue weighted by Gasteiger charge is 2.27. The van der Waals surface area contributed by atoms with E-state index in [-0.39, 0.29) is 17.5 Å². The molecule has 0 bridgehead atoms. The van der Waals surface area contributed by atoms with Crippen molar-refractivity contribution >= 4 is 17.8 Å². The summed E-state index contributed by atoms with van der Waals surface area (Å²) in [5, 5.41) is 0. The van der Waals surface area contributed by atoms with E-state index >= 15 is 0 Å². The van der Waals surface area contributed by atoms with Gasteiger partial charge in [0.2, 0.25) is 5.78 Å². The number of fused-ring (bicyclic) bond motifs is 1. The van der Waals surface area contributed by atoms with E-state index in [0.717, 1.165) is 16.9 Å². The van der Waals surface area contributed by atoms with Gasteiger partial charge in [0.1, 0.15) is 23.9 Å². The van der Waals surface area contributed by atoms with Crippen LogP contribution in [0.2, 0.25) is 0 Å². The molecule has 156 valence electrons. The summed E-state index contributed by atoms with van der Waals surface area (Å²) in [6.07, 6.45) is 1.70. The first-order valence-corrected chi connectivity index (χ1v) is 9.60. The molecule has 6 nitrogen and oxygen atoms in total. The van der Waals surface area contributed by atoms with Crippen LogP contribution in [0.15, 0.2) is 72.5 Å². The quantitative estimate of drug-likeness (QED) is 0.429. The number of carbonyl (C=O) groups excluding carboxylic acids is 2. The highest BCUT2D eigenvalue weighted by molar-refractivity contribution is 6.14. The van der Waals surface area contributed by atoms with Crippen LogP contribution in [0, 0.1) is 0 Å². The van der Waals surface area contributed by atoms with E-state index in [9.17, 15) is 9.59 Å². The number of rotatable bonds is 6. The number of benzene rings is 3. The molecule has 0 aromatic heterocycles. The summed E-state index contributed by atoms with van der Waals surface area (Å²) in [5.74, 6) is 1.49. The van der Waals surface area contributed by atoms with E-state index in [1.54, 1.807) is 55.7 Å². The molecule has 6 heteroatoms. The third kappa shape index (κ3) is 4.43. The summed E-state index contributed by atoms with van der Waals surface area (Å²) in [6, 6.07) is 19.5. The Morgan fingerprint density at radius 1 is 0.935 bits per heavy atom. The Bertz CT molecular complexity index is 1140. The molecular formula is C25H20O6. The smallest absolute Gasteiger partial charge is 0.337 e. The Morgan fingerprint density at radius 3 is 2.32 bits per heavy atom. The first-order valence-electron chi connectivity index (χ1n) is 9.60. The van der Waals surface area contributed by atoms with Crippen LogP contribution in [-0.2, 0) is 11.3 Å². The van der Waals surface area contributed by atoms with Gasteiger partial charge in [0.05, 0.1) is 25.3 Å². The van der Waals surface area contributed by atoms with Crippen molar-refractivity contribution in [1.29, 1.82) is 0 Å². The number of ketones is 1. The molecule has 3 aromatic carbocycles. The molecule has 0 saturated carbocycles. The Hall–Kier alpha value is -4.06. The van der Waals surface area contributed by atoms with Gasteiger partial charge in [0, 0.05) is 6.07 Å². The molecule has 0 spiro atoms. The van der Waals surface area contributed by atoms with Crippen LogP contribution in [0.5, 0.6) is 17.2 Å². The summed E-state index contributed by atoms with van der Waals surface area (Å²) in [6.45, 7) is 0.308. The highest BCUT2D eigenvalue weighted by atomic mass is 16.5. The second-order valence-corrected chi connectivity index (χ2v) is 6.85. The third-order valence-corrected chi connectivity index (χ3v) is 4.84. The first kappa shape index (κ1) is 20.2. The number of methoxy groups -OCH3 is 2. The third-order valence-electron chi connectivity index (χ3n) is 4.84. The van der Waals surface area contributed by atoms with Crippen LogP contribution < -0.4 is 14.2 Å². The minimum atomic E-state index is -0.383. The standard InChI is InChI=1S/C25H20O6/c1-28-19-9-5-16(6-10-19)13-23-24(26)21-12-11-20(14-22(21)31-23)30-15-17-3-7-18(8-4-17)25(27)29-2/h3-14H,15H2,1-2H3. The molecule has 1 heterocycles. The number of ether oxygens (including phenoxy) is 4. The maximum absolute atomic E-state index is 12.6. The van der Waals surface area contributed by atoms with Crippen LogP contribution in [0.25, 0.3) is 6.08 Å². The topological polar surface area (TPSA) is 71.1 Å². The van der Waals surface area contributed by atoms with Gasteiger partial charge < -0.3 is 18.9 Å². The Morgan fingerprint density at radius 2 is 1.65 bits per heavy atom. The number of esters is 1. The number of hydrogen-bond donors (Lipinski definition) is 0. The Kier molecular flexibility index (Phi) is 5.71. The maximum Gasteiger partial charge on any atom is 0.337 e. The number of allylic oxidation sites excluding steroid dienone is 1. The van der Waals surface area contributed by atoms with Gasteiger partial charge in [-0.05, 0) is 53.6 Å². The molecule has 1 aliphatic heterocycles. The first-order chi connectivity index (χ1) is 15.1. The van der Waals surface area contributed by atoms with E-state index in [2.05, 4.69) is 0 Å². The van der Waals surface area contributed by atoms with Crippen LogP contribution in [0.3, 0.4) is 0 Å². The minimum absolute atomic E-state index is 0.171. The van der Waals surface area contributed by atoms with Crippen LogP contribution >= 0.6 is 0 Å². The molecule has 3 aromatic rings. The molecule has 0 amide bonds. The van der Waals surface area contributed by atoms with Crippen molar-refractivity contribution in [2.45, 2.75) is 6.61 Å². The molecule has 0 fully saturated rings. The number of Topliss-reactive ketones (excluding diaryl/α,β-unsaturated/α-hetero) is 1. The van der Waals surface area contributed by atoms with Crippen molar-refractivity contribution in [1.82, 2.24) is 0 Å². The molecular weight excluding hydrogens is 396 g/mol. The van der Waals surface area contributed by atoms with Gasteiger partial charge in [-0.15, -0.1) is 0 Å². The largest absolute Gasteiger partial charge is 0.497 e. The molecule has 4 rings (SSSR count). The average molecular weight is 416 g/mol. The fourth-order valence-corrected chi connectivity index (χ4v) is 3.13. The van der Waals surface area contributed by atoms with Crippen LogP contribution in [0.1, 0.15) is 31.8 Å². The van der Waals surface area contributed by atoms with Crippen molar-refractivity contribution in [3.8, 4) is 17.2 Å². The van der Waals surface area contributed by atoms with Crippen molar-refractivity contribution in [3.05, 3.63) is 94.7 Å². The lowest BCUT2D eigenvalue weighted by atomic mass is 10.1. The average Bonchev–Trinajstić information content (AvgIpc) is 3.12. The summed E-state index contributed by atoms with van der Waals surface area (Å²) in [4.78, 5) is 24.1. The zero-order valence-corrected chi connectivity index (χ0v) is 17.1. The van der Waals surface area contributed by atoms with Gasteiger partial charge in [-0.25, -0.2) is 4.79 Å². The lowest BCUT2D eigenvalue weighted by Crippen LogP contribution is -2.02. The second-order valence-electron chi connectivity index (χ2n) is 6.85. The zero-order valence-electron chi connectivity index (χ0n) is 17.1. The fraction of sp³-hybridized carbons (Fsp3) is 0.120. The van der Waals surface area contributed by atoms with Crippen LogP contribution in [-0.4, -0.2) is 26.0 Å². The van der Waals surface area contributed by atoms with E-state index < -0.39 is 0 Å². The van der Waals surface area contributed by atoms with Gasteiger partial charge in [0.15, 0.2) is 5.76 Å². The van der Waals surface area contributed by atoms with Crippen LogP contribution in [0.4, 0.5) is 0 Å². The molecule has 0 unspecified atom stereocenters. The molecule has 0 atom stereocenters. The SMILES string of the molecule is COC(=O)c1ccc(COc2ccc3c(c2)OC(=Cc2ccc(OC)cc2)C3=O)cc1. The van der Waals surface area contributed by atoms with Gasteiger partial charge in [-0.1, -0.05) is 24.3 Å². The Labute approximate surface area is 179 Å². The molecule has 31 heavy (non-hydrogen) atoms. The highest BCUT2D eigenvalue weighted by Crippen LogP contribution is 2.35. The van der Waals surface area contributed by atoms with E-state index in [4.69, 9.17) is 18.9 Å². The van der Waals surface area contributed by atoms with Gasteiger partial charge >= 0.3 is 5.97 Å². The van der Waals surface area contributed by atoms with Crippen molar-refractivity contribution in [3.63, 3.8) is 0 Å². The predicted octanol–water partition coefficient (Wildman–Crippen LogP) is 4.68. The molecule has 0 radical (unpaired) electrons. The van der Waals surface area contributed by atoms with Crippen molar-refractivity contribution in [2.75, 3.05) is 14.2 Å². The summed E-state index contributed by atoms with van der Waals surface area (Å²) in [7, 11) is 2.95. The van der Waals surface area contributed by atoms with E-state index in [0.29, 0.717) is 29.2 Å². The summed E-state index contributed by atoms with van der Waals surface area (Å²) in [5.41, 5.74) is 2.70. The summed E-state index contributed by atoms with van der Waals surface area (Å²) < 4.78 is 21.4. The monoisotopic (exact) mass is 416 g/mol.